The third-order valence-corrected chi connectivity index (χ3v) is 3.77. The number of hydrogen-bond donors (Lipinski definition) is 1. The number of hydrogen-bond acceptors (Lipinski definition) is 1. The number of benzene rings is 2. The summed E-state index contributed by atoms with van der Waals surface area (Å²) in [5.41, 5.74) is 2.68. The first-order chi connectivity index (χ1) is 8.00. The van der Waals surface area contributed by atoms with Crippen molar-refractivity contribution in [1.29, 1.82) is 0 Å². The van der Waals surface area contributed by atoms with Crippen LogP contribution in [0.5, 0.6) is 0 Å². The molecule has 1 aliphatic carbocycles. The van der Waals surface area contributed by atoms with E-state index in [1.165, 1.54) is 0 Å². The molecule has 1 nitrogen and oxygen atoms in total. The molecular weight excluding hydrogens is 255 g/mol. The molecule has 0 atom stereocenters. The minimum Gasteiger partial charge on any atom is -0.381 e. The molecule has 2 aromatic rings. The van der Waals surface area contributed by atoms with E-state index < -0.39 is 5.60 Å². The van der Waals surface area contributed by atoms with Crippen molar-refractivity contribution in [2.45, 2.75) is 12.5 Å². The topological polar surface area (TPSA) is 20.2 Å². The van der Waals surface area contributed by atoms with Gasteiger partial charge in [-0.1, -0.05) is 35.3 Å². The lowest BCUT2D eigenvalue weighted by molar-refractivity contribution is 0.107. The van der Waals surface area contributed by atoms with E-state index >= 15 is 0 Å². The molecule has 0 aliphatic heterocycles. The van der Waals surface area contributed by atoms with Gasteiger partial charge in [0, 0.05) is 10.0 Å². The van der Waals surface area contributed by atoms with Gasteiger partial charge in [-0.25, -0.2) is 0 Å². The van der Waals surface area contributed by atoms with Gasteiger partial charge >= 0.3 is 0 Å². The summed E-state index contributed by atoms with van der Waals surface area (Å²) in [4.78, 5) is 0. The molecular formula is C14H10Cl2O. The molecule has 0 saturated carbocycles. The zero-order valence-corrected chi connectivity index (χ0v) is 10.7. The van der Waals surface area contributed by atoms with Crippen molar-refractivity contribution in [2.24, 2.45) is 0 Å². The fraction of sp³-hybridized carbons (Fsp3) is 0.143. The van der Waals surface area contributed by atoms with Crippen molar-refractivity contribution in [3.8, 4) is 11.1 Å². The second-order valence-corrected chi connectivity index (χ2v) is 5.32. The molecule has 0 amide bonds. The Kier molecular flexibility index (Phi) is 2.27. The average Bonchev–Trinajstić information content (AvgIpc) is 2.49. The molecule has 0 heterocycles. The highest BCUT2D eigenvalue weighted by atomic mass is 35.5. The summed E-state index contributed by atoms with van der Waals surface area (Å²) >= 11 is 12.0. The van der Waals surface area contributed by atoms with E-state index in [0.717, 1.165) is 22.3 Å². The van der Waals surface area contributed by atoms with Gasteiger partial charge in [0.15, 0.2) is 0 Å². The molecule has 0 bridgehead atoms. The molecule has 86 valence electrons. The molecule has 2 aromatic carbocycles. The zero-order chi connectivity index (χ0) is 12.2. The summed E-state index contributed by atoms with van der Waals surface area (Å²) in [5, 5.41) is 11.9. The molecule has 17 heavy (non-hydrogen) atoms. The third kappa shape index (κ3) is 1.50. The molecule has 0 unspecified atom stereocenters. The maximum Gasteiger partial charge on any atom is 0.113 e. The van der Waals surface area contributed by atoms with Crippen molar-refractivity contribution in [1.82, 2.24) is 0 Å². The fourth-order valence-corrected chi connectivity index (χ4v) is 2.80. The fourth-order valence-electron chi connectivity index (χ4n) is 2.45. The highest BCUT2D eigenvalue weighted by Gasteiger charge is 2.37. The van der Waals surface area contributed by atoms with E-state index in [0.29, 0.717) is 10.0 Å². The van der Waals surface area contributed by atoms with Gasteiger partial charge in [-0.15, -0.1) is 0 Å². The Hall–Kier alpha value is -1.02. The van der Waals surface area contributed by atoms with E-state index in [1.54, 1.807) is 6.92 Å². The van der Waals surface area contributed by atoms with E-state index in [-0.39, 0.29) is 0 Å². The minimum absolute atomic E-state index is 0.628. The number of halogens is 2. The standard InChI is InChI=1S/C14H10Cl2O/c1-14(17)12-6-8(15)2-4-10(12)11-5-3-9(16)7-13(11)14/h2-7,17H,1H3. The smallest absolute Gasteiger partial charge is 0.113 e. The van der Waals surface area contributed by atoms with E-state index in [4.69, 9.17) is 23.2 Å². The Bertz CT molecular complexity index is 564. The van der Waals surface area contributed by atoms with Gasteiger partial charge in [0.2, 0.25) is 0 Å². The number of fused-ring (bicyclic) bond motifs is 3. The molecule has 1 aliphatic rings. The Balaban J connectivity index is 2.37. The van der Waals surface area contributed by atoms with Gasteiger partial charge in [0.05, 0.1) is 0 Å². The number of rotatable bonds is 0. The van der Waals surface area contributed by atoms with Crippen LogP contribution in [0.4, 0.5) is 0 Å². The number of aliphatic hydroxyl groups is 1. The lowest BCUT2D eigenvalue weighted by Crippen LogP contribution is -2.19. The van der Waals surface area contributed by atoms with Crippen molar-refractivity contribution in [2.75, 3.05) is 0 Å². The molecule has 0 saturated heterocycles. The van der Waals surface area contributed by atoms with Crippen LogP contribution in [0.15, 0.2) is 36.4 Å². The SMILES string of the molecule is CC1(O)c2cc(Cl)ccc2-c2ccc(Cl)cc21. The van der Waals surface area contributed by atoms with Gasteiger partial charge in [-0.2, -0.15) is 0 Å². The van der Waals surface area contributed by atoms with Gasteiger partial charge in [0.1, 0.15) is 5.60 Å². The zero-order valence-electron chi connectivity index (χ0n) is 9.17. The Morgan fingerprint density at radius 2 is 1.29 bits per heavy atom. The second kappa shape index (κ2) is 3.49. The first kappa shape index (κ1) is 11.1. The van der Waals surface area contributed by atoms with Crippen LogP contribution in [0.3, 0.4) is 0 Å². The molecule has 0 radical (unpaired) electrons. The Labute approximate surface area is 110 Å². The van der Waals surface area contributed by atoms with Crippen LogP contribution >= 0.6 is 23.2 Å². The summed E-state index contributed by atoms with van der Waals surface area (Å²) < 4.78 is 0. The Morgan fingerprint density at radius 3 is 1.71 bits per heavy atom. The molecule has 3 heteroatoms. The average molecular weight is 265 g/mol. The quantitative estimate of drug-likeness (QED) is 0.755. The van der Waals surface area contributed by atoms with Gasteiger partial charge < -0.3 is 5.11 Å². The van der Waals surface area contributed by atoms with Crippen molar-refractivity contribution < 1.29 is 5.11 Å². The second-order valence-electron chi connectivity index (χ2n) is 4.45. The summed E-state index contributed by atoms with van der Waals surface area (Å²) in [7, 11) is 0. The first-order valence-corrected chi connectivity index (χ1v) is 6.08. The van der Waals surface area contributed by atoms with Gasteiger partial charge in [-0.05, 0) is 53.4 Å². The molecule has 0 fully saturated rings. The minimum atomic E-state index is -1.03. The van der Waals surface area contributed by atoms with E-state index in [9.17, 15) is 5.11 Å². The third-order valence-electron chi connectivity index (χ3n) is 3.30. The first-order valence-electron chi connectivity index (χ1n) is 5.33. The maximum absolute atomic E-state index is 10.6. The summed E-state index contributed by atoms with van der Waals surface area (Å²) in [6, 6.07) is 11.2. The van der Waals surface area contributed by atoms with Gasteiger partial charge in [-0.3, -0.25) is 0 Å². The lowest BCUT2D eigenvalue weighted by Gasteiger charge is -2.20. The summed E-state index contributed by atoms with van der Waals surface area (Å²) in [6.07, 6.45) is 0. The van der Waals surface area contributed by atoms with E-state index in [1.807, 2.05) is 36.4 Å². The largest absolute Gasteiger partial charge is 0.381 e. The predicted octanol–water partition coefficient (Wildman–Crippen LogP) is 4.23. The molecule has 0 spiro atoms. The van der Waals surface area contributed by atoms with Crippen molar-refractivity contribution in [3.05, 3.63) is 57.6 Å². The maximum atomic E-state index is 10.6. The van der Waals surface area contributed by atoms with Crippen LogP contribution < -0.4 is 0 Å². The van der Waals surface area contributed by atoms with Crippen molar-refractivity contribution in [3.63, 3.8) is 0 Å². The normalized spacial score (nSPS) is 15.5. The van der Waals surface area contributed by atoms with Crippen LogP contribution in [0, 0.1) is 0 Å². The van der Waals surface area contributed by atoms with Crippen molar-refractivity contribution >= 4 is 23.2 Å². The molecule has 1 N–H and O–H groups in total. The van der Waals surface area contributed by atoms with Crippen LogP contribution in [0.1, 0.15) is 18.1 Å². The van der Waals surface area contributed by atoms with Crippen LogP contribution in [0.25, 0.3) is 11.1 Å². The van der Waals surface area contributed by atoms with E-state index in [2.05, 4.69) is 0 Å². The molecule has 3 rings (SSSR count). The summed E-state index contributed by atoms with van der Waals surface area (Å²) in [6.45, 7) is 1.77. The van der Waals surface area contributed by atoms with Gasteiger partial charge in [0.25, 0.3) is 0 Å². The van der Waals surface area contributed by atoms with Crippen LogP contribution in [-0.4, -0.2) is 5.11 Å². The predicted molar refractivity (Wildman–Crippen MR) is 70.6 cm³/mol. The van der Waals surface area contributed by atoms with Crippen LogP contribution in [0.2, 0.25) is 10.0 Å². The molecule has 0 aromatic heterocycles. The highest BCUT2D eigenvalue weighted by molar-refractivity contribution is 6.31. The summed E-state index contributed by atoms with van der Waals surface area (Å²) in [5.74, 6) is 0. The lowest BCUT2D eigenvalue weighted by atomic mass is 9.94. The Morgan fingerprint density at radius 1 is 0.882 bits per heavy atom. The highest BCUT2D eigenvalue weighted by Crippen LogP contribution is 2.48. The van der Waals surface area contributed by atoms with Crippen LogP contribution in [-0.2, 0) is 5.60 Å². The monoisotopic (exact) mass is 264 g/mol.